The first-order chi connectivity index (χ1) is 19.8. The molecular formula is C29H34N6O6. The van der Waals surface area contributed by atoms with Crippen molar-refractivity contribution >= 4 is 35.4 Å². The van der Waals surface area contributed by atoms with Crippen LogP contribution in [0.1, 0.15) is 31.2 Å². The van der Waals surface area contributed by atoms with E-state index in [9.17, 15) is 29.1 Å². The van der Waals surface area contributed by atoms with Gasteiger partial charge in [-0.15, -0.1) is 0 Å². The number of hydrogen-bond acceptors (Lipinski definition) is 6. The molecule has 41 heavy (non-hydrogen) atoms. The average Bonchev–Trinajstić information content (AvgIpc) is 3.50. The SMILES string of the molecule is O=C(O)C(CNC(=O)N1CCC2(CC1)C(=O)NCN2c1ccccc1)NC(=O)[C@@H]1CCC(=O)N1Cc1ccccc1. The van der Waals surface area contributed by atoms with E-state index >= 15 is 0 Å². The van der Waals surface area contributed by atoms with Crippen LogP contribution in [0.2, 0.25) is 0 Å². The molecule has 4 N–H and O–H groups in total. The van der Waals surface area contributed by atoms with E-state index in [0.717, 1.165) is 11.3 Å². The van der Waals surface area contributed by atoms with Gasteiger partial charge in [0.25, 0.3) is 0 Å². The summed E-state index contributed by atoms with van der Waals surface area (Å²) in [6.45, 7) is 0.945. The van der Waals surface area contributed by atoms with Gasteiger partial charge >= 0.3 is 12.0 Å². The van der Waals surface area contributed by atoms with Gasteiger partial charge in [0.1, 0.15) is 17.6 Å². The molecule has 3 heterocycles. The van der Waals surface area contributed by atoms with Crippen LogP contribution in [-0.2, 0) is 25.7 Å². The van der Waals surface area contributed by atoms with E-state index in [1.807, 2.05) is 65.6 Å². The number of carboxylic acids is 1. The summed E-state index contributed by atoms with van der Waals surface area (Å²) in [6.07, 6.45) is 1.34. The van der Waals surface area contributed by atoms with Crippen molar-refractivity contribution in [1.82, 2.24) is 25.8 Å². The summed E-state index contributed by atoms with van der Waals surface area (Å²) in [5.74, 6) is -2.10. The van der Waals surface area contributed by atoms with Gasteiger partial charge in [0, 0.05) is 31.7 Å². The normalized spacial score (nSPS) is 20.6. The Morgan fingerprint density at radius 3 is 2.32 bits per heavy atom. The van der Waals surface area contributed by atoms with Crippen molar-refractivity contribution in [3.63, 3.8) is 0 Å². The third-order valence-electron chi connectivity index (χ3n) is 8.18. The summed E-state index contributed by atoms with van der Waals surface area (Å²) in [4.78, 5) is 68.3. The number of piperidine rings is 1. The fourth-order valence-electron chi connectivity index (χ4n) is 5.87. The van der Waals surface area contributed by atoms with Gasteiger partial charge in [-0.3, -0.25) is 14.4 Å². The fourth-order valence-corrected chi connectivity index (χ4v) is 5.87. The molecule has 12 heteroatoms. The van der Waals surface area contributed by atoms with Crippen LogP contribution in [0, 0.1) is 0 Å². The van der Waals surface area contributed by atoms with Crippen molar-refractivity contribution in [3.8, 4) is 0 Å². The van der Waals surface area contributed by atoms with Crippen molar-refractivity contribution in [2.45, 2.75) is 49.9 Å². The van der Waals surface area contributed by atoms with E-state index in [0.29, 0.717) is 39.0 Å². The summed E-state index contributed by atoms with van der Waals surface area (Å²) < 4.78 is 0. The van der Waals surface area contributed by atoms with Crippen molar-refractivity contribution in [2.75, 3.05) is 31.2 Å². The zero-order valence-electron chi connectivity index (χ0n) is 22.6. The standard InChI is InChI=1S/C29H34N6O6/c36-24-12-11-23(34(24)18-20-7-3-1-4-8-20)25(37)32-22(26(38)39)17-30-28(41)33-15-13-29(14-16-33)27(40)31-19-35(29)21-9-5-2-6-10-21/h1-10,22-23H,11-19H2,(H,30,41)(H,31,40)(H,32,37)(H,38,39)/t22?,23-/m0/s1. The molecule has 2 aromatic carbocycles. The molecule has 5 rings (SSSR count). The molecule has 0 saturated carbocycles. The van der Waals surface area contributed by atoms with Crippen molar-refractivity contribution < 1.29 is 29.1 Å². The van der Waals surface area contributed by atoms with Crippen LogP contribution in [-0.4, -0.2) is 88.6 Å². The highest BCUT2D eigenvalue weighted by molar-refractivity contribution is 5.94. The number of amides is 5. The van der Waals surface area contributed by atoms with Gasteiger partial charge in [-0.25, -0.2) is 9.59 Å². The number of aliphatic carboxylic acids is 1. The average molecular weight is 563 g/mol. The number of anilines is 1. The van der Waals surface area contributed by atoms with E-state index in [1.54, 1.807) is 4.90 Å². The topological polar surface area (TPSA) is 151 Å². The summed E-state index contributed by atoms with van der Waals surface area (Å²) >= 11 is 0. The number of nitrogens with one attached hydrogen (secondary N) is 3. The number of likely N-dealkylation sites (tertiary alicyclic amines) is 2. The molecule has 1 unspecified atom stereocenters. The van der Waals surface area contributed by atoms with E-state index in [1.165, 1.54) is 4.90 Å². The molecule has 3 saturated heterocycles. The molecule has 0 aliphatic carbocycles. The summed E-state index contributed by atoms with van der Waals surface area (Å²) in [7, 11) is 0. The van der Waals surface area contributed by atoms with E-state index in [-0.39, 0.29) is 31.3 Å². The highest BCUT2D eigenvalue weighted by Gasteiger charge is 2.51. The molecule has 2 aromatic rings. The van der Waals surface area contributed by atoms with Gasteiger partial charge < -0.3 is 35.8 Å². The van der Waals surface area contributed by atoms with Crippen molar-refractivity contribution in [1.29, 1.82) is 0 Å². The second-order valence-electron chi connectivity index (χ2n) is 10.6. The minimum atomic E-state index is -1.37. The molecule has 2 atom stereocenters. The lowest BCUT2D eigenvalue weighted by Gasteiger charge is -2.43. The highest BCUT2D eigenvalue weighted by Crippen LogP contribution is 2.36. The summed E-state index contributed by atoms with van der Waals surface area (Å²) in [5, 5.41) is 17.8. The molecule has 3 aliphatic rings. The number of benzene rings is 2. The lowest BCUT2D eigenvalue weighted by molar-refractivity contribution is -0.143. The predicted molar refractivity (Wildman–Crippen MR) is 148 cm³/mol. The van der Waals surface area contributed by atoms with Crippen LogP contribution >= 0.6 is 0 Å². The van der Waals surface area contributed by atoms with E-state index in [4.69, 9.17) is 0 Å². The van der Waals surface area contributed by atoms with Crippen LogP contribution in [0.15, 0.2) is 60.7 Å². The van der Waals surface area contributed by atoms with Crippen molar-refractivity contribution in [2.24, 2.45) is 0 Å². The fraction of sp³-hybridized carbons (Fsp3) is 0.414. The largest absolute Gasteiger partial charge is 0.480 e. The Morgan fingerprint density at radius 2 is 1.66 bits per heavy atom. The van der Waals surface area contributed by atoms with Crippen LogP contribution < -0.4 is 20.9 Å². The number of para-hydroxylation sites is 1. The number of carbonyl (C=O) groups excluding carboxylic acids is 4. The van der Waals surface area contributed by atoms with Gasteiger partial charge in [-0.05, 0) is 37.0 Å². The predicted octanol–water partition coefficient (Wildman–Crippen LogP) is 0.885. The summed E-state index contributed by atoms with van der Waals surface area (Å²) in [5.41, 5.74) is 1.04. The van der Waals surface area contributed by atoms with Crippen molar-refractivity contribution in [3.05, 3.63) is 66.2 Å². The lowest BCUT2D eigenvalue weighted by Crippen LogP contribution is -2.59. The van der Waals surface area contributed by atoms with E-state index in [2.05, 4.69) is 16.0 Å². The third kappa shape index (κ3) is 5.81. The Morgan fingerprint density at radius 1 is 1.00 bits per heavy atom. The van der Waals surface area contributed by atoms with Crippen LogP contribution in [0.4, 0.5) is 10.5 Å². The molecular weight excluding hydrogens is 528 g/mol. The molecule has 5 amide bonds. The highest BCUT2D eigenvalue weighted by atomic mass is 16.4. The first-order valence-electron chi connectivity index (χ1n) is 13.8. The minimum Gasteiger partial charge on any atom is -0.480 e. The van der Waals surface area contributed by atoms with Gasteiger partial charge in [-0.2, -0.15) is 0 Å². The number of urea groups is 1. The maximum Gasteiger partial charge on any atom is 0.328 e. The number of carboxylic acid groups (broad SMARTS) is 1. The van der Waals surface area contributed by atoms with Gasteiger partial charge in [0.2, 0.25) is 17.7 Å². The number of nitrogens with zero attached hydrogens (tertiary/aromatic N) is 3. The maximum absolute atomic E-state index is 13.0. The number of rotatable bonds is 8. The molecule has 0 bridgehead atoms. The molecule has 12 nitrogen and oxygen atoms in total. The van der Waals surface area contributed by atoms with Crippen LogP contribution in [0.25, 0.3) is 0 Å². The smallest absolute Gasteiger partial charge is 0.328 e. The van der Waals surface area contributed by atoms with Crippen LogP contribution in [0.5, 0.6) is 0 Å². The number of hydrogen-bond donors (Lipinski definition) is 4. The monoisotopic (exact) mass is 562 g/mol. The number of carbonyl (C=O) groups is 5. The van der Waals surface area contributed by atoms with Crippen LogP contribution in [0.3, 0.4) is 0 Å². The Hall–Kier alpha value is -4.61. The zero-order chi connectivity index (χ0) is 29.0. The molecule has 1 spiro atoms. The molecule has 216 valence electrons. The Bertz CT molecular complexity index is 1300. The van der Waals surface area contributed by atoms with Gasteiger partial charge in [0.05, 0.1) is 13.2 Å². The first-order valence-corrected chi connectivity index (χ1v) is 13.8. The van der Waals surface area contributed by atoms with E-state index < -0.39 is 35.5 Å². The van der Waals surface area contributed by atoms with Gasteiger partial charge in [-0.1, -0.05) is 48.5 Å². The maximum atomic E-state index is 13.0. The Balaban J connectivity index is 1.15. The second-order valence-corrected chi connectivity index (χ2v) is 10.6. The van der Waals surface area contributed by atoms with Gasteiger partial charge in [0.15, 0.2) is 0 Å². The Labute approximate surface area is 237 Å². The molecule has 3 fully saturated rings. The lowest BCUT2D eigenvalue weighted by atomic mass is 9.85. The molecule has 0 aromatic heterocycles. The second kappa shape index (κ2) is 11.9. The zero-order valence-corrected chi connectivity index (χ0v) is 22.6. The molecule has 3 aliphatic heterocycles. The quantitative estimate of drug-likeness (QED) is 0.373. The first kappa shape index (κ1) is 27.9. The summed E-state index contributed by atoms with van der Waals surface area (Å²) in [6, 6.07) is 16.3. The Kier molecular flexibility index (Phi) is 8.09. The molecule has 0 radical (unpaired) electrons. The third-order valence-corrected chi connectivity index (χ3v) is 8.18. The minimum absolute atomic E-state index is 0.0678.